The molecule has 0 unspecified atom stereocenters. The quantitative estimate of drug-likeness (QED) is 0.352. The summed E-state index contributed by atoms with van der Waals surface area (Å²) in [4.78, 5) is 24.0. The minimum Gasteiger partial charge on any atom is -0.318 e. The summed E-state index contributed by atoms with van der Waals surface area (Å²) in [5.41, 5.74) is 7.95. The van der Waals surface area contributed by atoms with Gasteiger partial charge in [0.2, 0.25) is 0 Å². The Labute approximate surface area is 177 Å². The zero-order valence-corrected chi connectivity index (χ0v) is 17.9. The Morgan fingerprint density at radius 3 is 2.48 bits per heavy atom. The van der Waals surface area contributed by atoms with Gasteiger partial charge < -0.3 is 9.88 Å². The van der Waals surface area contributed by atoms with Crippen LogP contribution in [0, 0.1) is 20.8 Å². The van der Waals surface area contributed by atoms with Gasteiger partial charge in [0, 0.05) is 32.8 Å². The van der Waals surface area contributed by atoms with Gasteiger partial charge in [0.05, 0.1) is 6.21 Å². The lowest BCUT2D eigenvalue weighted by Gasteiger charge is -2.12. The lowest BCUT2D eigenvalue weighted by Crippen LogP contribution is -2.32. The number of hydrogen-bond donors (Lipinski definition) is 2. The number of hydrogen-bond acceptors (Lipinski definition) is 3. The van der Waals surface area contributed by atoms with Crippen molar-refractivity contribution in [2.75, 3.05) is 5.32 Å². The first-order valence-corrected chi connectivity index (χ1v) is 9.81. The fourth-order valence-electron chi connectivity index (χ4n) is 3.07. The predicted molar refractivity (Wildman–Crippen MR) is 118 cm³/mol. The third-order valence-electron chi connectivity index (χ3n) is 4.49. The molecule has 0 atom stereocenters. The van der Waals surface area contributed by atoms with Gasteiger partial charge in [-0.15, -0.1) is 0 Å². The van der Waals surface area contributed by atoms with E-state index >= 15 is 0 Å². The van der Waals surface area contributed by atoms with Crippen molar-refractivity contribution in [2.24, 2.45) is 5.10 Å². The van der Waals surface area contributed by atoms with Crippen LogP contribution in [0.4, 0.5) is 5.69 Å². The number of benzene rings is 2. The average Bonchev–Trinajstić information content (AvgIpc) is 2.95. The van der Waals surface area contributed by atoms with Crippen LogP contribution in [0.2, 0.25) is 0 Å². The molecule has 0 bridgehead atoms. The largest absolute Gasteiger partial charge is 0.329 e. The molecule has 0 fully saturated rings. The topological polar surface area (TPSA) is 75.5 Å². The number of halogens is 1. The van der Waals surface area contributed by atoms with Crippen molar-refractivity contribution in [3.8, 4) is 5.69 Å². The van der Waals surface area contributed by atoms with Crippen LogP contribution in [0.3, 0.4) is 0 Å². The van der Waals surface area contributed by atoms with Crippen LogP contribution >= 0.6 is 15.9 Å². The molecule has 0 aliphatic heterocycles. The smallest absolute Gasteiger partial charge is 0.318 e. The second kappa shape index (κ2) is 8.87. The molecule has 148 valence electrons. The summed E-state index contributed by atoms with van der Waals surface area (Å²) in [6.45, 7) is 6.06. The Morgan fingerprint density at radius 1 is 1.00 bits per heavy atom. The lowest BCUT2D eigenvalue weighted by molar-refractivity contribution is -0.136. The van der Waals surface area contributed by atoms with Gasteiger partial charge >= 0.3 is 11.8 Å². The molecule has 1 aromatic heterocycles. The Balaban J connectivity index is 1.69. The number of carbonyl (C=O) groups is 2. The van der Waals surface area contributed by atoms with Gasteiger partial charge in [0.15, 0.2) is 0 Å². The zero-order valence-electron chi connectivity index (χ0n) is 16.4. The summed E-state index contributed by atoms with van der Waals surface area (Å²) in [6.07, 6.45) is 1.54. The van der Waals surface area contributed by atoms with Crippen LogP contribution in [-0.2, 0) is 9.59 Å². The van der Waals surface area contributed by atoms with E-state index < -0.39 is 11.8 Å². The van der Waals surface area contributed by atoms with Crippen molar-refractivity contribution >= 4 is 39.6 Å². The summed E-state index contributed by atoms with van der Waals surface area (Å²) in [5, 5.41) is 6.47. The van der Waals surface area contributed by atoms with E-state index in [0.29, 0.717) is 5.69 Å². The maximum Gasteiger partial charge on any atom is 0.329 e. The molecule has 0 spiro atoms. The number of aromatic nitrogens is 1. The number of rotatable bonds is 4. The van der Waals surface area contributed by atoms with Crippen molar-refractivity contribution in [1.29, 1.82) is 0 Å². The van der Waals surface area contributed by atoms with Crippen molar-refractivity contribution in [1.82, 2.24) is 9.99 Å². The van der Waals surface area contributed by atoms with Gasteiger partial charge in [-0.1, -0.05) is 40.2 Å². The Morgan fingerprint density at radius 2 is 1.76 bits per heavy atom. The minimum absolute atomic E-state index is 0.519. The number of nitrogens with zero attached hydrogens (tertiary/aromatic N) is 2. The molecule has 3 aromatic rings. The van der Waals surface area contributed by atoms with Gasteiger partial charge in [-0.3, -0.25) is 9.59 Å². The Hall–Kier alpha value is -3.19. The fourth-order valence-corrected chi connectivity index (χ4v) is 3.47. The van der Waals surface area contributed by atoms with Gasteiger partial charge in [-0.25, -0.2) is 5.43 Å². The third-order valence-corrected chi connectivity index (χ3v) is 4.98. The van der Waals surface area contributed by atoms with E-state index in [4.69, 9.17) is 0 Å². The SMILES string of the molecule is Cc1ccccc1-n1c(C)cc(/C=N\NC(=O)C(=O)Nc2cccc(Br)c2)c1C. The van der Waals surface area contributed by atoms with E-state index in [1.807, 2.05) is 38.1 Å². The first kappa shape index (κ1) is 20.5. The van der Waals surface area contributed by atoms with Gasteiger partial charge in [-0.2, -0.15) is 5.10 Å². The van der Waals surface area contributed by atoms with Crippen LogP contribution in [0.15, 0.2) is 64.2 Å². The summed E-state index contributed by atoms with van der Waals surface area (Å²) < 4.78 is 2.94. The lowest BCUT2D eigenvalue weighted by atomic mass is 10.2. The second-order valence-corrected chi connectivity index (χ2v) is 7.53. The van der Waals surface area contributed by atoms with E-state index in [2.05, 4.69) is 55.4 Å². The highest BCUT2D eigenvalue weighted by Crippen LogP contribution is 2.22. The number of amides is 2. The van der Waals surface area contributed by atoms with Gasteiger partial charge in [0.1, 0.15) is 0 Å². The number of nitrogens with one attached hydrogen (secondary N) is 2. The molecule has 1 heterocycles. The van der Waals surface area contributed by atoms with Crippen molar-refractivity contribution < 1.29 is 9.59 Å². The third kappa shape index (κ3) is 4.81. The molecule has 0 aliphatic rings. The molecule has 0 saturated carbocycles. The number of aryl methyl sites for hydroxylation is 2. The van der Waals surface area contributed by atoms with Crippen LogP contribution < -0.4 is 10.7 Å². The summed E-state index contributed by atoms with van der Waals surface area (Å²) in [6, 6.07) is 17.1. The van der Waals surface area contributed by atoms with Crippen LogP contribution in [-0.4, -0.2) is 22.6 Å². The predicted octanol–water partition coefficient (Wildman–Crippen LogP) is 4.25. The normalized spacial score (nSPS) is 10.9. The van der Waals surface area contributed by atoms with Gasteiger partial charge in [0.25, 0.3) is 0 Å². The number of anilines is 1. The van der Waals surface area contributed by atoms with Gasteiger partial charge in [-0.05, 0) is 56.7 Å². The van der Waals surface area contributed by atoms with E-state index in [0.717, 1.165) is 32.7 Å². The van der Waals surface area contributed by atoms with E-state index in [9.17, 15) is 9.59 Å². The number of para-hydroxylation sites is 1. The molecule has 2 N–H and O–H groups in total. The van der Waals surface area contributed by atoms with E-state index in [1.165, 1.54) is 0 Å². The van der Waals surface area contributed by atoms with E-state index in [1.54, 1.807) is 24.4 Å². The molecule has 6 nitrogen and oxygen atoms in total. The molecule has 2 amide bonds. The first-order chi connectivity index (χ1) is 13.9. The minimum atomic E-state index is -0.839. The van der Waals surface area contributed by atoms with Crippen LogP contribution in [0.5, 0.6) is 0 Å². The molecular formula is C22H21BrN4O2. The average molecular weight is 453 g/mol. The molecule has 2 aromatic carbocycles. The first-order valence-electron chi connectivity index (χ1n) is 9.01. The van der Waals surface area contributed by atoms with Crippen molar-refractivity contribution in [2.45, 2.75) is 20.8 Å². The standard InChI is InChI=1S/C22H21BrN4O2/c1-14-7-4-5-10-20(14)27-15(2)11-17(16(27)3)13-24-26-22(29)21(28)25-19-9-6-8-18(23)12-19/h4-13H,1-3H3,(H,25,28)(H,26,29)/b24-13-. The second-order valence-electron chi connectivity index (χ2n) is 6.61. The monoisotopic (exact) mass is 452 g/mol. The summed E-state index contributed by atoms with van der Waals surface area (Å²) >= 11 is 3.32. The molecule has 0 saturated heterocycles. The fraction of sp³-hybridized carbons (Fsp3) is 0.136. The van der Waals surface area contributed by atoms with Crippen molar-refractivity contribution in [3.63, 3.8) is 0 Å². The Kier molecular flexibility index (Phi) is 6.29. The molecule has 7 heteroatoms. The van der Waals surface area contributed by atoms with E-state index in [-0.39, 0.29) is 0 Å². The molecule has 0 aliphatic carbocycles. The highest BCUT2D eigenvalue weighted by Gasteiger charge is 2.14. The maximum absolute atomic E-state index is 12.0. The number of hydrazone groups is 1. The van der Waals surface area contributed by atoms with Crippen molar-refractivity contribution in [3.05, 3.63) is 81.6 Å². The Bertz CT molecular complexity index is 1100. The molecular weight excluding hydrogens is 432 g/mol. The van der Waals surface area contributed by atoms with Crippen LogP contribution in [0.1, 0.15) is 22.5 Å². The zero-order chi connectivity index (χ0) is 21.0. The molecule has 0 radical (unpaired) electrons. The summed E-state index contributed by atoms with van der Waals surface area (Å²) in [7, 11) is 0. The summed E-state index contributed by atoms with van der Waals surface area (Å²) in [5.74, 6) is -1.63. The molecule has 3 rings (SSSR count). The maximum atomic E-state index is 12.0. The highest BCUT2D eigenvalue weighted by atomic mass is 79.9. The van der Waals surface area contributed by atoms with Crippen LogP contribution in [0.25, 0.3) is 5.69 Å². The number of carbonyl (C=O) groups excluding carboxylic acids is 2. The molecule has 29 heavy (non-hydrogen) atoms. The highest BCUT2D eigenvalue weighted by molar-refractivity contribution is 9.10.